The quantitative estimate of drug-likeness (QED) is 0.783. The summed E-state index contributed by atoms with van der Waals surface area (Å²) in [6, 6.07) is 4.28. The van der Waals surface area contributed by atoms with Gasteiger partial charge in [0.1, 0.15) is 11.9 Å². The summed E-state index contributed by atoms with van der Waals surface area (Å²) in [5.74, 6) is 0.390. The predicted octanol–water partition coefficient (Wildman–Crippen LogP) is 0.389. The molecule has 1 aliphatic heterocycles. The Bertz CT molecular complexity index is 551. The van der Waals surface area contributed by atoms with Crippen molar-refractivity contribution in [2.45, 2.75) is 23.8 Å². The number of primary sulfonamides is 1. The van der Waals surface area contributed by atoms with Gasteiger partial charge < -0.3 is 15.4 Å². The van der Waals surface area contributed by atoms with Gasteiger partial charge in [-0.3, -0.25) is 0 Å². The summed E-state index contributed by atoms with van der Waals surface area (Å²) in [6.07, 6.45) is 1.86. The Balaban J connectivity index is 2.16. The Kier molecular flexibility index (Phi) is 3.98. The van der Waals surface area contributed by atoms with E-state index in [0.29, 0.717) is 11.4 Å². The molecule has 0 amide bonds. The van der Waals surface area contributed by atoms with Gasteiger partial charge in [0.2, 0.25) is 10.0 Å². The minimum atomic E-state index is -3.74. The van der Waals surface area contributed by atoms with Gasteiger partial charge in [0, 0.05) is 19.2 Å². The normalized spacial score (nSPS) is 18.4. The van der Waals surface area contributed by atoms with E-state index in [1.54, 1.807) is 0 Å². The number of anilines is 1. The highest BCUT2D eigenvalue weighted by Gasteiger charge is 2.20. The lowest BCUT2D eigenvalue weighted by atomic mass is 10.1. The van der Waals surface area contributed by atoms with Crippen LogP contribution in [-0.2, 0) is 10.0 Å². The van der Waals surface area contributed by atoms with Gasteiger partial charge in [0.15, 0.2) is 0 Å². The molecule has 1 aromatic carbocycles. The van der Waals surface area contributed by atoms with E-state index >= 15 is 0 Å². The number of likely N-dealkylation sites (tertiary alicyclic amines) is 1. The molecule has 0 radical (unpaired) electrons. The van der Waals surface area contributed by atoms with Crippen molar-refractivity contribution in [1.29, 1.82) is 0 Å². The molecule has 1 heterocycles. The smallest absolute Gasteiger partial charge is 0.238 e. The maximum absolute atomic E-state index is 11.3. The third kappa shape index (κ3) is 3.59. The van der Waals surface area contributed by atoms with Crippen LogP contribution in [0, 0.1) is 0 Å². The zero-order valence-corrected chi connectivity index (χ0v) is 11.7. The first-order valence-corrected chi connectivity index (χ1v) is 7.68. The SMILES string of the molecule is CN1CCC(Oc2cc(S(N)(=O)=O)ccc2N)CC1. The molecule has 4 N–H and O–H groups in total. The van der Waals surface area contributed by atoms with Crippen LogP contribution in [-0.4, -0.2) is 39.6 Å². The summed E-state index contributed by atoms with van der Waals surface area (Å²) in [7, 11) is -1.67. The van der Waals surface area contributed by atoms with Crippen LogP contribution in [0.15, 0.2) is 23.1 Å². The summed E-state index contributed by atoms with van der Waals surface area (Å²) in [4.78, 5) is 2.24. The van der Waals surface area contributed by atoms with Crippen LogP contribution in [0.5, 0.6) is 5.75 Å². The number of rotatable bonds is 3. The van der Waals surface area contributed by atoms with Crippen LogP contribution in [0.2, 0.25) is 0 Å². The van der Waals surface area contributed by atoms with E-state index < -0.39 is 10.0 Å². The number of hydrogen-bond donors (Lipinski definition) is 2. The van der Waals surface area contributed by atoms with Crippen LogP contribution in [0.25, 0.3) is 0 Å². The summed E-state index contributed by atoms with van der Waals surface area (Å²) >= 11 is 0. The Morgan fingerprint density at radius 2 is 1.95 bits per heavy atom. The monoisotopic (exact) mass is 285 g/mol. The predicted molar refractivity (Wildman–Crippen MR) is 73.4 cm³/mol. The molecule has 0 unspecified atom stereocenters. The molecule has 106 valence electrons. The van der Waals surface area contributed by atoms with E-state index in [1.165, 1.54) is 18.2 Å². The maximum atomic E-state index is 11.3. The number of piperidine rings is 1. The van der Waals surface area contributed by atoms with Crippen molar-refractivity contribution in [2.75, 3.05) is 25.9 Å². The molecule has 1 aliphatic rings. The molecule has 1 fully saturated rings. The Hall–Kier alpha value is -1.31. The molecule has 6 nitrogen and oxygen atoms in total. The molecule has 7 heteroatoms. The van der Waals surface area contributed by atoms with Crippen molar-refractivity contribution in [3.63, 3.8) is 0 Å². The Morgan fingerprint density at radius 3 is 2.53 bits per heavy atom. The fraction of sp³-hybridized carbons (Fsp3) is 0.500. The average molecular weight is 285 g/mol. The zero-order valence-electron chi connectivity index (χ0n) is 10.9. The van der Waals surface area contributed by atoms with E-state index in [-0.39, 0.29) is 11.0 Å². The molecule has 0 atom stereocenters. The van der Waals surface area contributed by atoms with E-state index in [0.717, 1.165) is 25.9 Å². The van der Waals surface area contributed by atoms with Gasteiger partial charge in [-0.1, -0.05) is 0 Å². The molecule has 0 aliphatic carbocycles. The lowest BCUT2D eigenvalue weighted by Crippen LogP contribution is -2.35. The maximum Gasteiger partial charge on any atom is 0.238 e. The van der Waals surface area contributed by atoms with Crippen molar-refractivity contribution >= 4 is 15.7 Å². The molecular weight excluding hydrogens is 266 g/mol. The molecule has 0 spiro atoms. The van der Waals surface area contributed by atoms with Gasteiger partial charge in [-0.15, -0.1) is 0 Å². The lowest BCUT2D eigenvalue weighted by molar-refractivity contribution is 0.115. The summed E-state index contributed by atoms with van der Waals surface area (Å²) in [6.45, 7) is 1.92. The van der Waals surface area contributed by atoms with Crippen LogP contribution in [0.3, 0.4) is 0 Å². The van der Waals surface area contributed by atoms with Gasteiger partial charge in [-0.25, -0.2) is 13.6 Å². The van der Waals surface area contributed by atoms with Gasteiger partial charge in [-0.05, 0) is 32.0 Å². The molecule has 1 saturated heterocycles. The molecule has 0 aromatic heterocycles. The van der Waals surface area contributed by atoms with Crippen LogP contribution < -0.4 is 15.6 Å². The molecule has 2 rings (SSSR count). The number of hydrogen-bond acceptors (Lipinski definition) is 5. The number of benzene rings is 1. The largest absolute Gasteiger partial charge is 0.488 e. The Labute approximate surface area is 113 Å². The number of nitrogens with two attached hydrogens (primary N) is 2. The summed E-state index contributed by atoms with van der Waals surface area (Å²) in [5, 5.41) is 5.10. The van der Waals surface area contributed by atoms with Gasteiger partial charge in [0.25, 0.3) is 0 Å². The highest BCUT2D eigenvalue weighted by molar-refractivity contribution is 7.89. The second-order valence-corrected chi connectivity index (χ2v) is 6.43. The van der Waals surface area contributed by atoms with Crippen LogP contribution in [0.1, 0.15) is 12.8 Å². The fourth-order valence-electron chi connectivity index (χ4n) is 2.08. The van der Waals surface area contributed by atoms with E-state index in [1.807, 2.05) is 0 Å². The first-order valence-electron chi connectivity index (χ1n) is 6.14. The van der Waals surface area contributed by atoms with E-state index in [9.17, 15) is 8.42 Å². The third-order valence-electron chi connectivity index (χ3n) is 3.27. The number of nitrogens with zero attached hydrogens (tertiary/aromatic N) is 1. The lowest BCUT2D eigenvalue weighted by Gasteiger charge is -2.29. The summed E-state index contributed by atoms with van der Waals surface area (Å²) < 4.78 is 28.4. The van der Waals surface area contributed by atoms with Crippen LogP contribution >= 0.6 is 0 Å². The topological polar surface area (TPSA) is 98.6 Å². The molecule has 19 heavy (non-hydrogen) atoms. The van der Waals surface area contributed by atoms with Crippen molar-refractivity contribution in [1.82, 2.24) is 4.90 Å². The first-order chi connectivity index (χ1) is 8.86. The molecule has 0 saturated carbocycles. The van der Waals surface area contributed by atoms with Gasteiger partial charge in [0.05, 0.1) is 10.6 Å². The standard InChI is InChI=1S/C12H19N3O3S/c1-15-6-4-9(5-7-15)18-12-8-10(19(14,16)17)2-3-11(12)13/h2-3,8-9H,4-7,13H2,1H3,(H2,14,16,17). The fourth-order valence-corrected chi connectivity index (χ4v) is 2.61. The van der Waals surface area contributed by atoms with Gasteiger partial charge in [-0.2, -0.15) is 0 Å². The van der Waals surface area contributed by atoms with Gasteiger partial charge >= 0.3 is 0 Å². The number of ether oxygens (including phenoxy) is 1. The molecular formula is C12H19N3O3S. The first kappa shape index (κ1) is 14.1. The number of nitrogen functional groups attached to an aromatic ring is 1. The average Bonchev–Trinajstić information content (AvgIpc) is 2.33. The highest BCUT2D eigenvalue weighted by Crippen LogP contribution is 2.27. The third-order valence-corrected chi connectivity index (χ3v) is 4.18. The Morgan fingerprint density at radius 1 is 1.32 bits per heavy atom. The minimum absolute atomic E-state index is 0.0182. The highest BCUT2D eigenvalue weighted by atomic mass is 32.2. The van der Waals surface area contributed by atoms with Crippen molar-refractivity contribution in [2.24, 2.45) is 5.14 Å². The van der Waals surface area contributed by atoms with Crippen LogP contribution in [0.4, 0.5) is 5.69 Å². The summed E-state index contributed by atoms with van der Waals surface area (Å²) in [5.41, 5.74) is 6.23. The second kappa shape index (κ2) is 5.36. The second-order valence-electron chi connectivity index (χ2n) is 4.87. The van der Waals surface area contributed by atoms with Crippen molar-refractivity contribution in [3.8, 4) is 5.75 Å². The van der Waals surface area contributed by atoms with E-state index in [2.05, 4.69) is 11.9 Å². The molecule has 0 bridgehead atoms. The van der Waals surface area contributed by atoms with Crippen molar-refractivity contribution in [3.05, 3.63) is 18.2 Å². The van der Waals surface area contributed by atoms with E-state index in [4.69, 9.17) is 15.6 Å². The zero-order chi connectivity index (χ0) is 14.0. The molecule has 1 aromatic rings. The number of sulfonamides is 1. The van der Waals surface area contributed by atoms with Crippen molar-refractivity contribution < 1.29 is 13.2 Å². The minimum Gasteiger partial charge on any atom is -0.488 e.